The van der Waals surface area contributed by atoms with Gasteiger partial charge in [0.05, 0.1) is 24.7 Å². The maximum Gasteiger partial charge on any atom is 0.252 e. The molecule has 2 aromatic rings. The summed E-state index contributed by atoms with van der Waals surface area (Å²) in [5, 5.41) is 0.921. The van der Waals surface area contributed by atoms with Crippen LogP contribution < -0.4 is 5.56 Å². The second-order valence-electron chi connectivity index (χ2n) is 7.12. The van der Waals surface area contributed by atoms with Gasteiger partial charge in [-0.3, -0.25) is 9.59 Å². The Morgan fingerprint density at radius 1 is 1.40 bits per heavy atom. The summed E-state index contributed by atoms with van der Waals surface area (Å²) < 4.78 is 11.1. The molecule has 134 valence electrons. The number of pyridine rings is 1. The van der Waals surface area contributed by atoms with Crippen molar-refractivity contribution in [2.75, 3.05) is 26.8 Å². The first-order chi connectivity index (χ1) is 11.9. The molecule has 6 heteroatoms. The number of methoxy groups -OCH3 is 1. The number of aromatic nitrogens is 1. The number of nitrogens with one attached hydrogen (secondary N) is 1. The molecule has 1 aromatic heterocycles. The maximum absolute atomic E-state index is 12.8. The normalized spacial score (nSPS) is 20.0. The number of aromatic amines is 1. The van der Waals surface area contributed by atoms with Crippen molar-refractivity contribution in [3.8, 4) is 0 Å². The third kappa shape index (κ3) is 4.08. The minimum atomic E-state index is -0.438. The van der Waals surface area contributed by atoms with Crippen molar-refractivity contribution >= 4 is 16.8 Å². The van der Waals surface area contributed by atoms with Crippen LogP contribution in [0.5, 0.6) is 0 Å². The average molecular weight is 344 g/mol. The third-order valence-corrected chi connectivity index (χ3v) is 4.36. The number of para-hydroxylation sites is 1. The Balaban J connectivity index is 1.79. The van der Waals surface area contributed by atoms with Crippen LogP contribution in [0.3, 0.4) is 0 Å². The van der Waals surface area contributed by atoms with Crippen LogP contribution in [0.15, 0.2) is 35.1 Å². The van der Waals surface area contributed by atoms with Gasteiger partial charge in [0.15, 0.2) is 0 Å². The number of hydrogen-bond acceptors (Lipinski definition) is 4. The lowest BCUT2D eigenvalue weighted by Crippen LogP contribution is -2.56. The zero-order chi connectivity index (χ0) is 18.0. The molecule has 0 bridgehead atoms. The van der Waals surface area contributed by atoms with Crippen LogP contribution in [0, 0.1) is 0 Å². The molecule has 0 radical (unpaired) electrons. The standard InChI is InChI=1S/C19H24N2O4/c1-19(2)12-21(10-15(25-19)11-24-3)17(22)9-14-8-13-6-4-5-7-16(13)20-18(14)23/h4-8,15H,9-12H2,1-3H3,(H,20,23)/t15-/m0/s1. The molecular formula is C19H24N2O4. The van der Waals surface area contributed by atoms with Gasteiger partial charge in [-0.2, -0.15) is 0 Å². The van der Waals surface area contributed by atoms with Gasteiger partial charge in [-0.1, -0.05) is 18.2 Å². The third-order valence-electron chi connectivity index (χ3n) is 4.36. The van der Waals surface area contributed by atoms with E-state index in [1.54, 1.807) is 18.1 Å². The highest BCUT2D eigenvalue weighted by Crippen LogP contribution is 2.22. The summed E-state index contributed by atoms with van der Waals surface area (Å²) in [6, 6.07) is 9.35. The van der Waals surface area contributed by atoms with E-state index in [0.29, 0.717) is 25.3 Å². The van der Waals surface area contributed by atoms with Crippen LogP contribution in [0.1, 0.15) is 19.4 Å². The Hall–Kier alpha value is -2.18. The first-order valence-corrected chi connectivity index (χ1v) is 8.43. The number of rotatable bonds is 4. The molecular weight excluding hydrogens is 320 g/mol. The van der Waals surface area contributed by atoms with Gasteiger partial charge in [-0.25, -0.2) is 0 Å². The second kappa shape index (κ2) is 6.98. The molecule has 25 heavy (non-hydrogen) atoms. The van der Waals surface area contributed by atoms with E-state index < -0.39 is 5.60 Å². The predicted octanol–water partition coefficient (Wildman–Crippen LogP) is 1.72. The minimum Gasteiger partial charge on any atom is -0.382 e. The Labute approximate surface area is 146 Å². The maximum atomic E-state index is 12.8. The largest absolute Gasteiger partial charge is 0.382 e. The molecule has 1 aromatic carbocycles. The summed E-state index contributed by atoms with van der Waals surface area (Å²) in [5.74, 6) is -0.0711. The molecule has 0 saturated carbocycles. The van der Waals surface area contributed by atoms with Crippen molar-refractivity contribution in [3.63, 3.8) is 0 Å². The Bertz CT molecular complexity index is 828. The van der Waals surface area contributed by atoms with Gasteiger partial charge in [0.25, 0.3) is 5.56 Å². The lowest BCUT2D eigenvalue weighted by atomic mass is 10.0. The second-order valence-corrected chi connectivity index (χ2v) is 7.12. The molecule has 1 saturated heterocycles. The number of carbonyl (C=O) groups is 1. The van der Waals surface area contributed by atoms with E-state index in [0.717, 1.165) is 10.9 Å². The molecule has 2 heterocycles. The van der Waals surface area contributed by atoms with Gasteiger partial charge in [0, 0.05) is 31.3 Å². The summed E-state index contributed by atoms with van der Waals surface area (Å²) in [5.41, 5.74) is 0.605. The molecule has 1 aliphatic heterocycles. The van der Waals surface area contributed by atoms with E-state index in [1.807, 2.05) is 38.1 Å². The van der Waals surface area contributed by atoms with Crippen LogP contribution in [-0.2, 0) is 20.7 Å². The number of hydrogen-bond donors (Lipinski definition) is 1. The average Bonchev–Trinajstić information content (AvgIpc) is 2.54. The highest BCUT2D eigenvalue weighted by atomic mass is 16.5. The zero-order valence-corrected chi connectivity index (χ0v) is 14.9. The lowest BCUT2D eigenvalue weighted by Gasteiger charge is -2.42. The number of nitrogens with zero attached hydrogens (tertiary/aromatic N) is 1. The monoisotopic (exact) mass is 344 g/mol. The fourth-order valence-corrected chi connectivity index (χ4v) is 3.36. The van der Waals surface area contributed by atoms with Crippen molar-refractivity contribution in [2.24, 2.45) is 0 Å². The molecule has 1 atom stereocenters. The van der Waals surface area contributed by atoms with Gasteiger partial charge in [-0.15, -0.1) is 0 Å². The van der Waals surface area contributed by atoms with Crippen LogP contribution in [-0.4, -0.2) is 54.3 Å². The quantitative estimate of drug-likeness (QED) is 0.917. The Morgan fingerprint density at radius 3 is 2.92 bits per heavy atom. The van der Waals surface area contributed by atoms with E-state index in [-0.39, 0.29) is 24.0 Å². The molecule has 3 rings (SSSR count). The molecule has 1 amide bonds. The first kappa shape index (κ1) is 17.6. The number of ether oxygens (including phenoxy) is 2. The summed E-state index contributed by atoms with van der Waals surface area (Å²) in [6.45, 7) is 5.32. The molecule has 6 nitrogen and oxygen atoms in total. The first-order valence-electron chi connectivity index (χ1n) is 8.43. The van der Waals surface area contributed by atoms with E-state index in [4.69, 9.17) is 9.47 Å². The van der Waals surface area contributed by atoms with E-state index in [1.165, 1.54) is 0 Å². The summed E-state index contributed by atoms with van der Waals surface area (Å²) in [7, 11) is 1.62. The van der Waals surface area contributed by atoms with Gasteiger partial charge >= 0.3 is 0 Å². The molecule has 0 spiro atoms. The van der Waals surface area contributed by atoms with Crippen LogP contribution >= 0.6 is 0 Å². The fraction of sp³-hybridized carbons (Fsp3) is 0.474. The van der Waals surface area contributed by atoms with Gasteiger partial charge in [-0.05, 0) is 31.4 Å². The van der Waals surface area contributed by atoms with E-state index >= 15 is 0 Å². The van der Waals surface area contributed by atoms with Crippen LogP contribution in [0.2, 0.25) is 0 Å². The fourth-order valence-electron chi connectivity index (χ4n) is 3.36. The number of carbonyl (C=O) groups excluding carboxylic acids is 1. The van der Waals surface area contributed by atoms with Gasteiger partial charge < -0.3 is 19.4 Å². The van der Waals surface area contributed by atoms with Crippen molar-refractivity contribution in [1.82, 2.24) is 9.88 Å². The molecule has 0 aliphatic carbocycles. The number of amides is 1. The van der Waals surface area contributed by atoms with E-state index in [9.17, 15) is 9.59 Å². The number of H-pyrrole nitrogens is 1. The minimum absolute atomic E-state index is 0.0711. The summed E-state index contributed by atoms with van der Waals surface area (Å²) >= 11 is 0. The van der Waals surface area contributed by atoms with Crippen LogP contribution in [0.4, 0.5) is 0 Å². The number of morpholine rings is 1. The van der Waals surface area contributed by atoms with Crippen molar-refractivity contribution in [1.29, 1.82) is 0 Å². The highest BCUT2D eigenvalue weighted by Gasteiger charge is 2.35. The topological polar surface area (TPSA) is 71.6 Å². The van der Waals surface area contributed by atoms with E-state index in [2.05, 4.69) is 4.98 Å². The smallest absolute Gasteiger partial charge is 0.252 e. The predicted molar refractivity (Wildman–Crippen MR) is 95.7 cm³/mol. The Kier molecular flexibility index (Phi) is 4.92. The van der Waals surface area contributed by atoms with Gasteiger partial charge in [0.2, 0.25) is 5.91 Å². The number of benzene rings is 1. The van der Waals surface area contributed by atoms with Crippen molar-refractivity contribution < 1.29 is 14.3 Å². The summed E-state index contributed by atoms with van der Waals surface area (Å²) in [4.78, 5) is 29.7. The zero-order valence-electron chi connectivity index (χ0n) is 14.9. The molecule has 1 fully saturated rings. The van der Waals surface area contributed by atoms with Gasteiger partial charge in [0.1, 0.15) is 0 Å². The molecule has 1 N–H and O–H groups in total. The lowest BCUT2D eigenvalue weighted by molar-refractivity contribution is -0.168. The number of fused-ring (bicyclic) bond motifs is 1. The summed E-state index contributed by atoms with van der Waals surface area (Å²) in [6.07, 6.45) is -0.0803. The SMILES string of the molecule is COC[C@@H]1CN(C(=O)Cc2cc3ccccc3[nH]c2=O)CC(C)(C)O1. The Morgan fingerprint density at radius 2 is 2.16 bits per heavy atom. The van der Waals surface area contributed by atoms with Crippen molar-refractivity contribution in [3.05, 3.63) is 46.2 Å². The molecule has 0 unspecified atom stereocenters. The van der Waals surface area contributed by atoms with Crippen molar-refractivity contribution in [2.45, 2.75) is 32.0 Å². The molecule has 1 aliphatic rings. The van der Waals surface area contributed by atoms with Crippen LogP contribution in [0.25, 0.3) is 10.9 Å². The highest BCUT2D eigenvalue weighted by molar-refractivity contribution is 5.82.